The van der Waals surface area contributed by atoms with Crippen molar-refractivity contribution in [3.8, 4) is 5.75 Å². The third kappa shape index (κ3) is 3.91. The van der Waals surface area contributed by atoms with Gasteiger partial charge in [-0.05, 0) is 45.0 Å². The third-order valence-corrected chi connectivity index (χ3v) is 3.75. The Hall–Kier alpha value is -1.13. The number of nitrogens with one attached hydrogen (secondary N) is 1. The highest BCUT2D eigenvalue weighted by molar-refractivity contribution is 5.28. The molecule has 0 aliphatic carbocycles. The van der Waals surface area contributed by atoms with Crippen molar-refractivity contribution in [2.75, 3.05) is 33.8 Å². The Morgan fingerprint density at radius 2 is 2.32 bits per heavy atom. The van der Waals surface area contributed by atoms with Gasteiger partial charge in [0.15, 0.2) is 0 Å². The Bertz CT molecular complexity index is 409. The minimum Gasteiger partial charge on any atom is -0.497 e. The van der Waals surface area contributed by atoms with E-state index in [9.17, 15) is 4.39 Å². The first-order valence-corrected chi connectivity index (χ1v) is 6.92. The van der Waals surface area contributed by atoms with Gasteiger partial charge in [0.25, 0.3) is 0 Å². The van der Waals surface area contributed by atoms with Gasteiger partial charge < -0.3 is 10.1 Å². The van der Waals surface area contributed by atoms with Crippen LogP contribution in [0.15, 0.2) is 18.2 Å². The van der Waals surface area contributed by atoms with Crippen molar-refractivity contribution >= 4 is 0 Å². The van der Waals surface area contributed by atoms with Gasteiger partial charge in [-0.25, -0.2) is 4.39 Å². The van der Waals surface area contributed by atoms with Crippen molar-refractivity contribution in [2.45, 2.75) is 19.4 Å². The van der Waals surface area contributed by atoms with Crippen LogP contribution in [0.2, 0.25) is 0 Å². The van der Waals surface area contributed by atoms with Crippen LogP contribution in [-0.2, 0) is 6.54 Å². The molecule has 4 heteroatoms. The zero-order valence-electron chi connectivity index (χ0n) is 11.8. The number of hydrogen-bond acceptors (Lipinski definition) is 3. The lowest BCUT2D eigenvalue weighted by Gasteiger charge is -2.32. The zero-order valence-corrected chi connectivity index (χ0v) is 11.8. The maximum Gasteiger partial charge on any atom is 0.131 e. The Kier molecular flexibility index (Phi) is 5.16. The molecule has 0 amide bonds. The van der Waals surface area contributed by atoms with E-state index in [-0.39, 0.29) is 5.82 Å². The van der Waals surface area contributed by atoms with Gasteiger partial charge in [0.2, 0.25) is 0 Å². The minimum atomic E-state index is -0.171. The van der Waals surface area contributed by atoms with E-state index in [0.717, 1.165) is 25.2 Å². The minimum absolute atomic E-state index is 0.171. The summed E-state index contributed by atoms with van der Waals surface area (Å²) in [5.74, 6) is 1.09. The van der Waals surface area contributed by atoms with E-state index >= 15 is 0 Å². The Morgan fingerprint density at radius 1 is 1.47 bits per heavy atom. The number of ether oxygens (including phenoxy) is 1. The average Bonchev–Trinajstić information content (AvgIpc) is 2.42. The number of methoxy groups -OCH3 is 1. The van der Waals surface area contributed by atoms with E-state index in [1.165, 1.54) is 18.9 Å². The summed E-state index contributed by atoms with van der Waals surface area (Å²) in [5.41, 5.74) is 0.755. The van der Waals surface area contributed by atoms with E-state index in [4.69, 9.17) is 4.74 Å². The Balaban J connectivity index is 1.96. The molecule has 3 nitrogen and oxygen atoms in total. The molecule has 0 bridgehead atoms. The number of piperidine rings is 1. The molecule has 1 aliphatic rings. The summed E-state index contributed by atoms with van der Waals surface area (Å²) >= 11 is 0. The SMILES string of the molecule is CNCC1CCCN(Cc2ccc(OC)cc2F)C1. The van der Waals surface area contributed by atoms with Gasteiger partial charge in [0, 0.05) is 24.7 Å². The van der Waals surface area contributed by atoms with Gasteiger partial charge in [-0.2, -0.15) is 0 Å². The summed E-state index contributed by atoms with van der Waals surface area (Å²) in [7, 11) is 3.55. The maximum absolute atomic E-state index is 13.9. The first-order chi connectivity index (χ1) is 9.22. The summed E-state index contributed by atoms with van der Waals surface area (Å²) in [4.78, 5) is 2.34. The summed E-state index contributed by atoms with van der Waals surface area (Å²) < 4.78 is 18.9. The highest BCUT2D eigenvalue weighted by Crippen LogP contribution is 2.21. The smallest absolute Gasteiger partial charge is 0.131 e. The van der Waals surface area contributed by atoms with E-state index in [1.807, 2.05) is 19.2 Å². The third-order valence-electron chi connectivity index (χ3n) is 3.75. The van der Waals surface area contributed by atoms with Crippen LogP contribution in [0.1, 0.15) is 18.4 Å². The van der Waals surface area contributed by atoms with Crippen LogP contribution in [-0.4, -0.2) is 38.7 Å². The molecule has 2 rings (SSSR count). The second-order valence-electron chi connectivity index (χ2n) is 5.26. The second kappa shape index (κ2) is 6.87. The molecular formula is C15H23FN2O. The van der Waals surface area contributed by atoms with E-state index in [1.54, 1.807) is 7.11 Å². The summed E-state index contributed by atoms with van der Waals surface area (Å²) in [6.45, 7) is 3.84. The van der Waals surface area contributed by atoms with Crippen LogP contribution in [0.5, 0.6) is 5.75 Å². The fourth-order valence-corrected chi connectivity index (χ4v) is 2.77. The fraction of sp³-hybridized carbons (Fsp3) is 0.600. The quantitative estimate of drug-likeness (QED) is 0.885. The van der Waals surface area contributed by atoms with Gasteiger partial charge in [-0.1, -0.05) is 6.07 Å². The van der Waals surface area contributed by atoms with Gasteiger partial charge in [0.05, 0.1) is 7.11 Å². The maximum atomic E-state index is 13.9. The predicted octanol–water partition coefficient (Wildman–Crippen LogP) is 2.27. The molecule has 106 valence electrons. The summed E-state index contributed by atoms with van der Waals surface area (Å²) in [6.07, 6.45) is 2.46. The highest BCUT2D eigenvalue weighted by atomic mass is 19.1. The van der Waals surface area contributed by atoms with Crippen LogP contribution in [0.3, 0.4) is 0 Å². The number of rotatable bonds is 5. The largest absolute Gasteiger partial charge is 0.497 e. The van der Waals surface area contributed by atoms with Crippen LogP contribution in [0.4, 0.5) is 4.39 Å². The number of halogens is 1. The molecule has 1 aromatic carbocycles. The number of likely N-dealkylation sites (tertiary alicyclic amines) is 1. The standard InChI is InChI=1S/C15H23FN2O/c1-17-9-12-4-3-7-18(10-12)11-13-5-6-14(19-2)8-15(13)16/h5-6,8,12,17H,3-4,7,9-11H2,1-2H3. The summed E-state index contributed by atoms with van der Waals surface area (Å²) in [6, 6.07) is 5.12. The average molecular weight is 266 g/mol. The normalized spacial score (nSPS) is 20.5. The molecule has 1 heterocycles. The lowest BCUT2D eigenvalue weighted by atomic mass is 9.97. The number of nitrogens with zero attached hydrogens (tertiary/aromatic N) is 1. The predicted molar refractivity (Wildman–Crippen MR) is 74.9 cm³/mol. The Labute approximate surface area is 114 Å². The van der Waals surface area contributed by atoms with Gasteiger partial charge >= 0.3 is 0 Å². The summed E-state index contributed by atoms with van der Waals surface area (Å²) in [5, 5.41) is 3.23. The van der Waals surface area contributed by atoms with E-state index in [0.29, 0.717) is 18.2 Å². The van der Waals surface area contributed by atoms with Crippen molar-refractivity contribution in [3.63, 3.8) is 0 Å². The lowest BCUT2D eigenvalue weighted by Crippen LogP contribution is -2.38. The van der Waals surface area contributed by atoms with E-state index in [2.05, 4.69) is 10.2 Å². The highest BCUT2D eigenvalue weighted by Gasteiger charge is 2.20. The molecule has 0 spiro atoms. The van der Waals surface area contributed by atoms with Crippen LogP contribution in [0, 0.1) is 11.7 Å². The van der Waals surface area contributed by atoms with Crippen LogP contribution >= 0.6 is 0 Å². The van der Waals surface area contributed by atoms with Crippen LogP contribution < -0.4 is 10.1 Å². The molecule has 1 fully saturated rings. The van der Waals surface area contributed by atoms with Gasteiger partial charge in [-0.3, -0.25) is 4.90 Å². The van der Waals surface area contributed by atoms with Crippen molar-refractivity contribution in [1.29, 1.82) is 0 Å². The Morgan fingerprint density at radius 3 is 3.00 bits per heavy atom. The first-order valence-electron chi connectivity index (χ1n) is 6.92. The van der Waals surface area contributed by atoms with Gasteiger partial charge in [-0.15, -0.1) is 0 Å². The zero-order chi connectivity index (χ0) is 13.7. The molecule has 1 N–H and O–H groups in total. The molecule has 0 radical (unpaired) electrons. The van der Waals surface area contributed by atoms with Crippen molar-refractivity contribution in [1.82, 2.24) is 10.2 Å². The molecule has 19 heavy (non-hydrogen) atoms. The molecule has 1 saturated heterocycles. The first kappa shape index (κ1) is 14.3. The number of benzene rings is 1. The molecule has 0 saturated carbocycles. The number of hydrogen-bond donors (Lipinski definition) is 1. The lowest BCUT2D eigenvalue weighted by molar-refractivity contribution is 0.165. The molecule has 0 aromatic heterocycles. The van der Waals surface area contributed by atoms with E-state index < -0.39 is 0 Å². The van der Waals surface area contributed by atoms with Crippen molar-refractivity contribution in [2.24, 2.45) is 5.92 Å². The molecule has 1 aliphatic heterocycles. The van der Waals surface area contributed by atoms with Crippen molar-refractivity contribution < 1.29 is 9.13 Å². The van der Waals surface area contributed by atoms with Crippen molar-refractivity contribution in [3.05, 3.63) is 29.6 Å². The van der Waals surface area contributed by atoms with Gasteiger partial charge in [0.1, 0.15) is 11.6 Å². The molecule has 1 unspecified atom stereocenters. The van der Waals surface area contributed by atoms with Crippen LogP contribution in [0.25, 0.3) is 0 Å². The molecule has 1 aromatic rings. The monoisotopic (exact) mass is 266 g/mol. The second-order valence-corrected chi connectivity index (χ2v) is 5.26. The molecule has 1 atom stereocenters. The fourth-order valence-electron chi connectivity index (χ4n) is 2.77. The topological polar surface area (TPSA) is 24.5 Å². The molecular weight excluding hydrogens is 243 g/mol.